The molecule has 0 spiro atoms. The van der Waals surface area contributed by atoms with Crippen molar-refractivity contribution in [2.75, 3.05) is 0 Å². The average molecular weight is 716 g/mol. The molecular weight excluding hydrogens is 683 g/mol. The third kappa shape index (κ3) is 5.21. The summed E-state index contributed by atoms with van der Waals surface area (Å²) in [5, 5.41) is 4.93. The van der Waals surface area contributed by atoms with Crippen molar-refractivity contribution in [2.45, 2.75) is 0 Å². The van der Waals surface area contributed by atoms with E-state index in [1.54, 1.807) is 0 Å². The van der Waals surface area contributed by atoms with Crippen LogP contribution < -0.4 is 0 Å². The van der Waals surface area contributed by atoms with Crippen LogP contribution in [0.1, 0.15) is 0 Å². The molecule has 0 aliphatic rings. The Bertz CT molecular complexity index is 3220. The SMILES string of the molecule is c1ccc(-c2cccc(-c3nc(-c4ccccc4)nc(-c4ccc(-n5c6ccccc6c6c5ccc5c7ccccc7n(-c7ccccc7)c56)cc4)n3)c2)cc1. The molecule has 0 aliphatic heterocycles. The van der Waals surface area contributed by atoms with Crippen molar-refractivity contribution < 1.29 is 0 Å². The minimum Gasteiger partial charge on any atom is -0.309 e. The summed E-state index contributed by atoms with van der Waals surface area (Å²) in [6.07, 6.45) is 0. The first-order valence-electron chi connectivity index (χ1n) is 18.9. The number of hydrogen-bond donors (Lipinski definition) is 0. The predicted octanol–water partition coefficient (Wildman–Crippen LogP) is 12.7. The minimum atomic E-state index is 0.627. The van der Waals surface area contributed by atoms with Gasteiger partial charge in [-0.25, -0.2) is 15.0 Å². The lowest BCUT2D eigenvalue weighted by molar-refractivity contribution is 1.07. The van der Waals surface area contributed by atoms with E-state index in [1.807, 2.05) is 36.4 Å². The quantitative estimate of drug-likeness (QED) is 0.172. The predicted molar refractivity (Wildman–Crippen MR) is 230 cm³/mol. The highest BCUT2D eigenvalue weighted by molar-refractivity contribution is 6.26. The van der Waals surface area contributed by atoms with Crippen LogP contribution in [0.25, 0.3) is 100 Å². The van der Waals surface area contributed by atoms with E-state index in [-0.39, 0.29) is 0 Å². The summed E-state index contributed by atoms with van der Waals surface area (Å²) in [6, 6.07) is 70.3. The van der Waals surface area contributed by atoms with Gasteiger partial charge in [0.25, 0.3) is 0 Å². The molecule has 11 rings (SSSR count). The zero-order valence-corrected chi connectivity index (χ0v) is 30.3. The van der Waals surface area contributed by atoms with Gasteiger partial charge in [-0.1, -0.05) is 140 Å². The molecule has 0 amide bonds. The Kier molecular flexibility index (Phi) is 7.42. The molecule has 5 heteroatoms. The van der Waals surface area contributed by atoms with Crippen molar-refractivity contribution in [3.63, 3.8) is 0 Å². The highest BCUT2D eigenvalue weighted by atomic mass is 15.0. The molecule has 0 atom stereocenters. The van der Waals surface area contributed by atoms with Crippen LogP contribution in [0.4, 0.5) is 0 Å². The summed E-state index contributed by atoms with van der Waals surface area (Å²) in [5.74, 6) is 1.90. The van der Waals surface area contributed by atoms with E-state index in [2.05, 4.69) is 173 Å². The maximum Gasteiger partial charge on any atom is 0.164 e. The van der Waals surface area contributed by atoms with Gasteiger partial charge >= 0.3 is 0 Å². The van der Waals surface area contributed by atoms with Crippen molar-refractivity contribution >= 4 is 43.6 Å². The van der Waals surface area contributed by atoms with Crippen molar-refractivity contribution in [2.24, 2.45) is 0 Å². The second-order valence-electron chi connectivity index (χ2n) is 14.1. The minimum absolute atomic E-state index is 0.627. The fraction of sp³-hybridized carbons (Fsp3) is 0. The fourth-order valence-electron chi connectivity index (χ4n) is 8.21. The van der Waals surface area contributed by atoms with Crippen molar-refractivity contribution in [1.29, 1.82) is 0 Å². The Hall–Kier alpha value is -7.63. The van der Waals surface area contributed by atoms with Gasteiger partial charge in [-0.2, -0.15) is 0 Å². The van der Waals surface area contributed by atoms with Gasteiger partial charge in [0.15, 0.2) is 17.5 Å². The third-order valence-corrected chi connectivity index (χ3v) is 10.8. The average Bonchev–Trinajstić information content (AvgIpc) is 3.80. The van der Waals surface area contributed by atoms with Gasteiger partial charge in [0.2, 0.25) is 0 Å². The number of fused-ring (bicyclic) bond motifs is 7. The van der Waals surface area contributed by atoms with Gasteiger partial charge in [-0.3, -0.25) is 0 Å². The normalized spacial score (nSPS) is 11.6. The number of hydrogen-bond acceptors (Lipinski definition) is 3. The smallest absolute Gasteiger partial charge is 0.164 e. The van der Waals surface area contributed by atoms with Crippen LogP contribution in [0.2, 0.25) is 0 Å². The van der Waals surface area contributed by atoms with Crippen LogP contribution in [0, 0.1) is 0 Å². The Morgan fingerprint density at radius 3 is 1.48 bits per heavy atom. The topological polar surface area (TPSA) is 48.5 Å². The van der Waals surface area contributed by atoms with Gasteiger partial charge in [0, 0.05) is 49.6 Å². The largest absolute Gasteiger partial charge is 0.309 e. The van der Waals surface area contributed by atoms with Gasteiger partial charge in [0.05, 0.1) is 22.1 Å². The van der Waals surface area contributed by atoms with E-state index >= 15 is 0 Å². The van der Waals surface area contributed by atoms with E-state index < -0.39 is 0 Å². The number of aromatic nitrogens is 5. The van der Waals surface area contributed by atoms with Crippen LogP contribution in [0.15, 0.2) is 200 Å². The number of benzene rings is 8. The van der Waals surface area contributed by atoms with E-state index in [1.165, 1.54) is 32.6 Å². The molecule has 56 heavy (non-hydrogen) atoms. The highest BCUT2D eigenvalue weighted by Crippen LogP contribution is 2.42. The monoisotopic (exact) mass is 715 g/mol. The summed E-state index contributed by atoms with van der Waals surface area (Å²) >= 11 is 0. The molecule has 0 bridgehead atoms. The summed E-state index contributed by atoms with van der Waals surface area (Å²) in [4.78, 5) is 15.1. The molecule has 0 saturated heterocycles. The first-order valence-corrected chi connectivity index (χ1v) is 18.9. The molecule has 3 heterocycles. The Balaban J connectivity index is 1.08. The molecule has 0 unspecified atom stereocenters. The highest BCUT2D eigenvalue weighted by Gasteiger charge is 2.21. The summed E-state index contributed by atoms with van der Waals surface area (Å²) in [7, 11) is 0. The van der Waals surface area contributed by atoms with Gasteiger partial charge < -0.3 is 9.13 Å². The molecular formula is C51H33N5. The lowest BCUT2D eigenvalue weighted by Gasteiger charge is -2.11. The number of rotatable bonds is 6. The van der Waals surface area contributed by atoms with Crippen LogP contribution in [-0.2, 0) is 0 Å². The molecule has 262 valence electrons. The van der Waals surface area contributed by atoms with Crippen molar-refractivity contribution in [3.8, 4) is 56.7 Å². The van der Waals surface area contributed by atoms with Gasteiger partial charge in [0.1, 0.15) is 0 Å². The van der Waals surface area contributed by atoms with Crippen LogP contribution in [0.3, 0.4) is 0 Å². The fourth-order valence-corrected chi connectivity index (χ4v) is 8.21. The zero-order valence-electron chi connectivity index (χ0n) is 30.3. The van der Waals surface area contributed by atoms with Gasteiger partial charge in [-0.15, -0.1) is 0 Å². The lowest BCUT2D eigenvalue weighted by atomic mass is 10.0. The Morgan fingerprint density at radius 1 is 0.286 bits per heavy atom. The zero-order chi connectivity index (χ0) is 37.0. The second kappa shape index (κ2) is 13.0. The summed E-state index contributed by atoms with van der Waals surface area (Å²) in [6.45, 7) is 0. The standard InChI is InChI=1S/C51H33N5/c1-4-15-34(16-5-1)37-19-14-20-38(33-37)51-53-49(35-17-6-2-7-18-35)52-50(54-51)36-27-29-40(30-28-36)55-45-26-13-11-24-43(45)47-46(55)32-31-42-41-23-10-12-25-44(41)56(48(42)47)39-21-8-3-9-22-39/h1-33H. The van der Waals surface area contributed by atoms with Crippen LogP contribution in [0.5, 0.6) is 0 Å². The van der Waals surface area contributed by atoms with E-state index in [4.69, 9.17) is 15.0 Å². The Labute approximate surface area is 323 Å². The third-order valence-electron chi connectivity index (χ3n) is 10.8. The maximum absolute atomic E-state index is 5.09. The van der Waals surface area contributed by atoms with E-state index in [0.717, 1.165) is 50.2 Å². The van der Waals surface area contributed by atoms with Crippen LogP contribution >= 0.6 is 0 Å². The molecule has 0 N–H and O–H groups in total. The molecule has 3 aromatic heterocycles. The number of nitrogens with zero attached hydrogens (tertiary/aromatic N) is 5. The first kappa shape index (κ1) is 31.9. The maximum atomic E-state index is 5.09. The van der Waals surface area contributed by atoms with E-state index in [0.29, 0.717) is 17.5 Å². The molecule has 0 fully saturated rings. The molecule has 0 saturated carbocycles. The Morgan fingerprint density at radius 2 is 0.786 bits per heavy atom. The van der Waals surface area contributed by atoms with Crippen molar-refractivity contribution in [3.05, 3.63) is 200 Å². The van der Waals surface area contributed by atoms with E-state index in [9.17, 15) is 0 Å². The molecule has 5 nitrogen and oxygen atoms in total. The number of para-hydroxylation sites is 3. The van der Waals surface area contributed by atoms with Crippen LogP contribution in [-0.4, -0.2) is 24.1 Å². The lowest BCUT2D eigenvalue weighted by Crippen LogP contribution is -2.00. The molecule has 0 aliphatic carbocycles. The summed E-state index contributed by atoms with van der Waals surface area (Å²) < 4.78 is 4.80. The van der Waals surface area contributed by atoms with Crippen molar-refractivity contribution in [1.82, 2.24) is 24.1 Å². The second-order valence-corrected chi connectivity index (χ2v) is 14.1. The molecule has 11 aromatic rings. The van der Waals surface area contributed by atoms with Gasteiger partial charge in [-0.05, 0) is 71.8 Å². The molecule has 0 radical (unpaired) electrons. The summed E-state index contributed by atoms with van der Waals surface area (Å²) in [5.41, 5.74) is 12.0. The molecule has 8 aromatic carbocycles. The first-order chi connectivity index (χ1) is 27.8.